The Morgan fingerprint density at radius 2 is 1.90 bits per heavy atom. The minimum atomic E-state index is 0.0780. The van der Waals surface area contributed by atoms with Gasteiger partial charge in [0.2, 0.25) is 0 Å². The fourth-order valence-corrected chi connectivity index (χ4v) is 3.41. The molecule has 0 aliphatic carbocycles. The first-order valence-electron chi connectivity index (χ1n) is 7.72. The number of fused-ring (bicyclic) bond motifs is 1. The molecule has 3 rings (SSSR count). The molecule has 1 saturated heterocycles. The summed E-state index contributed by atoms with van der Waals surface area (Å²) in [6, 6.07) is 8.39. The smallest absolute Gasteiger partial charge is 0.284 e. The molecule has 2 N–H and O–H groups in total. The lowest BCUT2D eigenvalue weighted by Crippen LogP contribution is -3.29. The molecule has 1 atom stereocenters. The van der Waals surface area contributed by atoms with Crippen LogP contribution in [0.15, 0.2) is 24.3 Å². The van der Waals surface area contributed by atoms with Crippen LogP contribution in [0.1, 0.15) is 12.5 Å². The molecule has 20 heavy (non-hydrogen) atoms. The second-order valence-electron chi connectivity index (χ2n) is 6.21. The number of nitrogens with zero attached hydrogens (tertiary/aromatic N) is 1. The molecule has 1 amide bonds. The number of carbonyl (C=O) groups is 1. The molecule has 0 unspecified atom stereocenters. The number of likely N-dealkylation sites (N-methyl/N-ethyl adjacent to an activating group) is 1. The predicted octanol–water partition coefficient (Wildman–Crippen LogP) is -1.62. The van der Waals surface area contributed by atoms with Crippen molar-refractivity contribution >= 4 is 11.6 Å². The van der Waals surface area contributed by atoms with Crippen LogP contribution in [0.4, 0.5) is 5.69 Å². The van der Waals surface area contributed by atoms with E-state index in [-0.39, 0.29) is 6.04 Å². The average molecular weight is 275 g/mol. The molecule has 0 bridgehead atoms. The zero-order valence-corrected chi connectivity index (χ0v) is 12.5. The standard InChI is InChI=1S/C16H23N3O/c1-13(18-11-9-17(2)10-12-18)16(20)19-8-7-14-5-3-4-6-15(14)19/h3-6,13H,7-12H2,1-2H3/p+2/t13-/m1/s1. The molecule has 0 spiro atoms. The quantitative estimate of drug-likeness (QED) is 0.667. The highest BCUT2D eigenvalue weighted by Gasteiger charge is 2.35. The van der Waals surface area contributed by atoms with Crippen LogP contribution in [0.5, 0.6) is 0 Å². The Bertz CT molecular complexity index is 494. The number of piperazine rings is 1. The van der Waals surface area contributed by atoms with Gasteiger partial charge >= 0.3 is 0 Å². The minimum absolute atomic E-state index is 0.0780. The van der Waals surface area contributed by atoms with Crippen molar-refractivity contribution in [2.24, 2.45) is 0 Å². The Morgan fingerprint density at radius 3 is 2.65 bits per heavy atom. The maximum absolute atomic E-state index is 12.8. The van der Waals surface area contributed by atoms with Gasteiger partial charge in [0.1, 0.15) is 26.2 Å². The van der Waals surface area contributed by atoms with Crippen LogP contribution < -0.4 is 14.7 Å². The average Bonchev–Trinajstić information content (AvgIpc) is 2.90. The lowest BCUT2D eigenvalue weighted by molar-refractivity contribution is -1.01. The van der Waals surface area contributed by atoms with Crippen molar-refractivity contribution in [3.63, 3.8) is 0 Å². The van der Waals surface area contributed by atoms with Gasteiger partial charge in [-0.1, -0.05) is 18.2 Å². The number of anilines is 1. The van der Waals surface area contributed by atoms with Crippen LogP contribution in [0.3, 0.4) is 0 Å². The molecule has 4 heteroatoms. The molecule has 1 aromatic carbocycles. The van der Waals surface area contributed by atoms with E-state index in [2.05, 4.69) is 32.2 Å². The first-order chi connectivity index (χ1) is 9.66. The Morgan fingerprint density at radius 1 is 1.20 bits per heavy atom. The van der Waals surface area contributed by atoms with E-state index in [1.807, 2.05) is 11.0 Å². The molecule has 2 aliphatic heterocycles. The molecule has 1 aromatic rings. The molecule has 4 nitrogen and oxygen atoms in total. The summed E-state index contributed by atoms with van der Waals surface area (Å²) in [5.74, 6) is 0.296. The molecule has 2 heterocycles. The highest BCUT2D eigenvalue weighted by molar-refractivity contribution is 5.97. The van der Waals surface area contributed by atoms with Crippen molar-refractivity contribution in [3.05, 3.63) is 29.8 Å². The molecule has 0 radical (unpaired) electrons. The van der Waals surface area contributed by atoms with Crippen LogP contribution in [0.25, 0.3) is 0 Å². The van der Waals surface area contributed by atoms with Gasteiger partial charge in [-0.2, -0.15) is 0 Å². The van der Waals surface area contributed by atoms with Crippen LogP contribution >= 0.6 is 0 Å². The van der Waals surface area contributed by atoms with Gasteiger partial charge in [0.15, 0.2) is 6.04 Å². The first-order valence-corrected chi connectivity index (χ1v) is 7.72. The van der Waals surface area contributed by atoms with Crippen molar-refractivity contribution in [2.45, 2.75) is 19.4 Å². The monoisotopic (exact) mass is 275 g/mol. The zero-order valence-electron chi connectivity index (χ0n) is 12.5. The molecule has 0 aromatic heterocycles. The number of hydrogen-bond acceptors (Lipinski definition) is 1. The van der Waals surface area contributed by atoms with E-state index >= 15 is 0 Å². The Hall–Kier alpha value is -1.39. The molecular weight excluding hydrogens is 250 g/mol. The Labute approximate surface area is 121 Å². The van der Waals surface area contributed by atoms with Gasteiger partial charge in [-0.05, 0) is 25.0 Å². The summed E-state index contributed by atoms with van der Waals surface area (Å²) in [6.07, 6.45) is 0.997. The van der Waals surface area contributed by atoms with Gasteiger partial charge in [-0.3, -0.25) is 4.79 Å². The Balaban J connectivity index is 1.70. The second-order valence-corrected chi connectivity index (χ2v) is 6.21. The topological polar surface area (TPSA) is 29.2 Å². The summed E-state index contributed by atoms with van der Waals surface area (Å²) < 4.78 is 0. The summed E-state index contributed by atoms with van der Waals surface area (Å²) >= 11 is 0. The highest BCUT2D eigenvalue weighted by Crippen LogP contribution is 2.27. The molecule has 2 aliphatic rings. The van der Waals surface area contributed by atoms with Gasteiger partial charge in [0.25, 0.3) is 5.91 Å². The predicted molar refractivity (Wildman–Crippen MR) is 79.3 cm³/mol. The Kier molecular flexibility index (Phi) is 3.76. The third-order valence-electron chi connectivity index (χ3n) is 4.88. The summed E-state index contributed by atoms with van der Waals surface area (Å²) in [7, 11) is 2.24. The van der Waals surface area contributed by atoms with E-state index in [0.29, 0.717) is 5.91 Å². The van der Waals surface area contributed by atoms with Gasteiger partial charge in [-0.15, -0.1) is 0 Å². The minimum Gasteiger partial charge on any atom is -0.328 e. The van der Waals surface area contributed by atoms with Crippen LogP contribution in [0, 0.1) is 0 Å². The van der Waals surface area contributed by atoms with E-state index < -0.39 is 0 Å². The fourth-order valence-electron chi connectivity index (χ4n) is 3.41. The van der Waals surface area contributed by atoms with Crippen molar-refractivity contribution < 1.29 is 14.6 Å². The van der Waals surface area contributed by atoms with Gasteiger partial charge in [-0.25, -0.2) is 0 Å². The van der Waals surface area contributed by atoms with E-state index in [1.165, 1.54) is 23.6 Å². The number of para-hydroxylation sites is 1. The number of quaternary nitrogens is 2. The molecule has 0 saturated carbocycles. The van der Waals surface area contributed by atoms with E-state index in [1.54, 1.807) is 4.90 Å². The third-order valence-corrected chi connectivity index (χ3v) is 4.88. The second kappa shape index (κ2) is 5.54. The lowest BCUT2D eigenvalue weighted by Gasteiger charge is -2.32. The van der Waals surface area contributed by atoms with Crippen LogP contribution in [-0.2, 0) is 11.2 Å². The number of hydrogen-bond donors (Lipinski definition) is 2. The van der Waals surface area contributed by atoms with Crippen molar-refractivity contribution in [1.82, 2.24) is 0 Å². The third kappa shape index (κ3) is 2.45. The van der Waals surface area contributed by atoms with Gasteiger partial charge < -0.3 is 14.7 Å². The maximum atomic E-state index is 12.8. The van der Waals surface area contributed by atoms with E-state index in [4.69, 9.17) is 0 Å². The SMILES string of the molecule is C[C@H](C(=O)N1CCc2ccccc21)[NH+]1CC[NH+](C)CC1. The molecule has 1 fully saturated rings. The highest BCUT2D eigenvalue weighted by atomic mass is 16.2. The number of nitrogens with one attached hydrogen (secondary N) is 2. The van der Waals surface area contributed by atoms with Gasteiger partial charge in [0.05, 0.1) is 7.05 Å². The fraction of sp³-hybridized carbons (Fsp3) is 0.562. The lowest BCUT2D eigenvalue weighted by atomic mass is 10.1. The zero-order chi connectivity index (χ0) is 14.1. The summed E-state index contributed by atoms with van der Waals surface area (Å²) in [5.41, 5.74) is 2.44. The molecule has 108 valence electrons. The largest absolute Gasteiger partial charge is 0.328 e. The summed E-state index contributed by atoms with van der Waals surface area (Å²) in [4.78, 5) is 17.8. The maximum Gasteiger partial charge on any atom is 0.284 e. The van der Waals surface area contributed by atoms with E-state index in [0.717, 1.165) is 31.7 Å². The number of carbonyl (C=O) groups excluding carboxylic acids is 1. The van der Waals surface area contributed by atoms with E-state index in [9.17, 15) is 4.79 Å². The number of rotatable bonds is 2. The normalized spacial score (nSPS) is 27.2. The van der Waals surface area contributed by atoms with Crippen molar-refractivity contribution in [3.8, 4) is 0 Å². The number of benzene rings is 1. The summed E-state index contributed by atoms with van der Waals surface area (Å²) in [6.45, 7) is 7.50. The number of amides is 1. The van der Waals surface area contributed by atoms with Crippen molar-refractivity contribution in [1.29, 1.82) is 0 Å². The first kappa shape index (κ1) is 13.6. The molecular formula is C16H25N3O+2. The van der Waals surface area contributed by atoms with Crippen molar-refractivity contribution in [2.75, 3.05) is 44.7 Å². The van der Waals surface area contributed by atoms with Crippen LogP contribution in [0.2, 0.25) is 0 Å². The van der Waals surface area contributed by atoms with Gasteiger partial charge in [0, 0.05) is 12.2 Å². The summed E-state index contributed by atoms with van der Waals surface area (Å²) in [5, 5.41) is 0. The van der Waals surface area contributed by atoms with Crippen LogP contribution in [-0.4, -0.2) is 51.7 Å².